The van der Waals surface area contributed by atoms with E-state index in [0.29, 0.717) is 0 Å². The Morgan fingerprint density at radius 3 is 2.83 bits per heavy atom. The van der Waals surface area contributed by atoms with Crippen LogP contribution in [0.3, 0.4) is 0 Å². The van der Waals surface area contributed by atoms with Gasteiger partial charge in [-0.05, 0) is 19.1 Å². The number of halogens is 1. The van der Waals surface area contributed by atoms with Crippen LogP contribution in [0.4, 0.5) is 0 Å². The predicted molar refractivity (Wildman–Crippen MR) is 80.3 cm³/mol. The summed E-state index contributed by atoms with van der Waals surface area (Å²) in [7, 11) is 0. The summed E-state index contributed by atoms with van der Waals surface area (Å²) in [4.78, 5) is 5.91. The molecule has 2 aromatic heterocycles. The fraction of sp³-hybridized carbons (Fsp3) is 0.154. The highest BCUT2D eigenvalue weighted by Crippen LogP contribution is 2.26. The molecular formula is C13H12BrN2S2+. The van der Waals surface area contributed by atoms with Crippen LogP contribution >= 0.6 is 39.0 Å². The van der Waals surface area contributed by atoms with Gasteiger partial charge in [-0.15, -0.1) is 11.8 Å². The van der Waals surface area contributed by atoms with Crippen LogP contribution in [0.1, 0.15) is 11.3 Å². The number of hydrogen-bond acceptors (Lipinski definition) is 2. The first kappa shape index (κ1) is 12.3. The molecule has 0 aliphatic rings. The summed E-state index contributed by atoms with van der Waals surface area (Å²) in [5.74, 6) is 0.943. The molecule has 0 fully saturated rings. The van der Waals surface area contributed by atoms with Crippen molar-refractivity contribution in [1.29, 1.82) is 0 Å². The molecule has 0 unspecified atom stereocenters. The summed E-state index contributed by atoms with van der Waals surface area (Å²) >= 11 is 7.20. The molecule has 1 N–H and O–H groups in total. The van der Waals surface area contributed by atoms with Gasteiger partial charge in [0.1, 0.15) is 6.20 Å². The van der Waals surface area contributed by atoms with E-state index < -0.39 is 0 Å². The van der Waals surface area contributed by atoms with E-state index in [1.165, 1.54) is 21.1 Å². The van der Waals surface area contributed by atoms with Gasteiger partial charge >= 0.3 is 4.96 Å². The van der Waals surface area contributed by atoms with Gasteiger partial charge in [-0.25, -0.2) is 4.98 Å². The monoisotopic (exact) mass is 339 g/mol. The maximum absolute atomic E-state index is 3.64. The first-order chi connectivity index (χ1) is 8.74. The molecule has 0 atom stereocenters. The van der Waals surface area contributed by atoms with E-state index >= 15 is 0 Å². The molecule has 0 bridgehead atoms. The zero-order chi connectivity index (χ0) is 12.5. The van der Waals surface area contributed by atoms with Crippen LogP contribution in [0, 0.1) is 6.92 Å². The Morgan fingerprint density at radius 1 is 1.33 bits per heavy atom. The SMILES string of the molecule is Cc1ccc(SCc2[nH]c3scc[n+]3c2Br)cc1. The van der Waals surface area contributed by atoms with Crippen molar-refractivity contribution in [2.45, 2.75) is 17.6 Å². The van der Waals surface area contributed by atoms with Crippen LogP contribution in [0.5, 0.6) is 0 Å². The minimum atomic E-state index is 0.943. The fourth-order valence-electron chi connectivity index (χ4n) is 1.74. The quantitative estimate of drug-likeness (QED) is 0.560. The molecule has 5 heteroatoms. The fourth-order valence-corrected chi connectivity index (χ4v) is 4.18. The molecule has 1 aromatic carbocycles. The number of nitrogens with zero attached hydrogens (tertiary/aromatic N) is 1. The van der Waals surface area contributed by atoms with Crippen molar-refractivity contribution in [1.82, 2.24) is 4.98 Å². The molecule has 0 amide bonds. The first-order valence-electron chi connectivity index (χ1n) is 5.59. The third kappa shape index (κ3) is 2.35. The average molecular weight is 340 g/mol. The largest absolute Gasteiger partial charge is 0.344 e. The summed E-state index contributed by atoms with van der Waals surface area (Å²) < 4.78 is 3.26. The van der Waals surface area contributed by atoms with Crippen LogP contribution in [-0.2, 0) is 5.75 Å². The lowest BCUT2D eigenvalue weighted by Gasteiger charge is -1.99. The molecule has 0 saturated heterocycles. The Morgan fingerprint density at radius 2 is 2.11 bits per heavy atom. The number of aromatic nitrogens is 2. The Labute approximate surface area is 122 Å². The highest BCUT2D eigenvalue weighted by Gasteiger charge is 2.17. The number of hydrogen-bond donors (Lipinski definition) is 1. The molecule has 2 heterocycles. The number of aromatic amines is 1. The zero-order valence-corrected chi connectivity index (χ0v) is 13.0. The number of fused-ring (bicyclic) bond motifs is 1. The molecule has 0 aliphatic heterocycles. The number of benzene rings is 1. The summed E-state index contributed by atoms with van der Waals surface area (Å²) in [6, 6.07) is 8.65. The first-order valence-corrected chi connectivity index (χ1v) is 8.24. The molecule has 92 valence electrons. The second-order valence-electron chi connectivity index (χ2n) is 4.07. The minimum absolute atomic E-state index is 0.943. The Bertz CT molecular complexity index is 670. The van der Waals surface area contributed by atoms with Crippen molar-refractivity contribution in [2.75, 3.05) is 0 Å². The van der Waals surface area contributed by atoms with E-state index in [1.807, 2.05) is 11.8 Å². The van der Waals surface area contributed by atoms with Crippen LogP contribution in [0.15, 0.2) is 45.3 Å². The highest BCUT2D eigenvalue weighted by atomic mass is 79.9. The van der Waals surface area contributed by atoms with Crippen LogP contribution in [0.2, 0.25) is 0 Å². The number of thioether (sulfide) groups is 1. The van der Waals surface area contributed by atoms with E-state index in [1.54, 1.807) is 11.3 Å². The van der Waals surface area contributed by atoms with Gasteiger partial charge in [0.25, 0.3) is 0 Å². The zero-order valence-electron chi connectivity index (χ0n) is 9.81. The van der Waals surface area contributed by atoms with Crippen LogP contribution in [0.25, 0.3) is 4.96 Å². The van der Waals surface area contributed by atoms with E-state index in [-0.39, 0.29) is 0 Å². The van der Waals surface area contributed by atoms with Gasteiger partial charge in [-0.3, -0.25) is 0 Å². The minimum Gasteiger partial charge on any atom is -0.229 e. The Balaban J connectivity index is 1.78. The second kappa shape index (κ2) is 5.07. The van der Waals surface area contributed by atoms with Crippen molar-refractivity contribution >= 4 is 44.0 Å². The lowest BCUT2D eigenvalue weighted by molar-refractivity contribution is -0.518. The Kier molecular flexibility index (Phi) is 3.46. The number of thiazole rings is 1. The van der Waals surface area contributed by atoms with E-state index in [4.69, 9.17) is 0 Å². The molecule has 18 heavy (non-hydrogen) atoms. The molecule has 0 radical (unpaired) electrons. The molecule has 0 spiro atoms. The second-order valence-corrected chi connectivity index (χ2v) is 6.77. The molecule has 0 aliphatic carbocycles. The molecular weight excluding hydrogens is 328 g/mol. The van der Waals surface area contributed by atoms with E-state index in [0.717, 1.165) is 10.4 Å². The van der Waals surface area contributed by atoms with Gasteiger partial charge in [0.05, 0.1) is 5.75 Å². The number of aryl methyl sites for hydroxylation is 1. The standard InChI is InChI=1S/C13H11BrN2S2/c1-9-2-4-10(5-3-9)18-8-11-12(14)16-6-7-17-13(16)15-11/h2-7H,8H2,1H3/p+1. The maximum atomic E-state index is 3.64. The van der Waals surface area contributed by atoms with Gasteiger partial charge in [0, 0.05) is 26.2 Å². The topological polar surface area (TPSA) is 19.9 Å². The third-order valence-electron chi connectivity index (χ3n) is 2.73. The maximum Gasteiger partial charge on any atom is 0.344 e. The average Bonchev–Trinajstić information content (AvgIpc) is 2.93. The van der Waals surface area contributed by atoms with Crippen LogP contribution < -0.4 is 4.40 Å². The predicted octanol–water partition coefficient (Wildman–Crippen LogP) is 4.18. The van der Waals surface area contributed by atoms with Crippen molar-refractivity contribution in [3.63, 3.8) is 0 Å². The normalized spacial score (nSPS) is 11.2. The summed E-state index contributed by atoms with van der Waals surface area (Å²) in [6.45, 7) is 2.11. The molecule has 0 saturated carbocycles. The van der Waals surface area contributed by atoms with Crippen molar-refractivity contribution in [3.8, 4) is 0 Å². The molecule has 3 aromatic rings. The van der Waals surface area contributed by atoms with Crippen molar-refractivity contribution < 1.29 is 4.40 Å². The van der Waals surface area contributed by atoms with E-state index in [9.17, 15) is 0 Å². The lowest BCUT2D eigenvalue weighted by atomic mass is 10.2. The van der Waals surface area contributed by atoms with Gasteiger partial charge in [0.15, 0.2) is 5.69 Å². The third-order valence-corrected chi connectivity index (χ3v) is 5.41. The Hall–Kier alpha value is -0.780. The number of nitrogens with one attached hydrogen (secondary N) is 1. The van der Waals surface area contributed by atoms with E-state index in [2.05, 4.69) is 68.1 Å². The molecule has 3 rings (SSSR count). The van der Waals surface area contributed by atoms with Gasteiger partial charge in [-0.1, -0.05) is 29.0 Å². The summed E-state index contributed by atoms with van der Waals surface area (Å²) in [5.41, 5.74) is 2.53. The van der Waals surface area contributed by atoms with Crippen molar-refractivity contribution in [2.24, 2.45) is 0 Å². The van der Waals surface area contributed by atoms with Gasteiger partial charge in [-0.2, -0.15) is 4.40 Å². The summed E-state index contributed by atoms with van der Waals surface area (Å²) in [6.07, 6.45) is 2.07. The van der Waals surface area contributed by atoms with Gasteiger partial charge in [0.2, 0.25) is 4.60 Å². The summed E-state index contributed by atoms with van der Waals surface area (Å²) in [5, 5.41) is 2.08. The van der Waals surface area contributed by atoms with Crippen LogP contribution in [-0.4, -0.2) is 4.98 Å². The number of imidazole rings is 1. The molecule has 2 nitrogen and oxygen atoms in total. The smallest absolute Gasteiger partial charge is 0.229 e. The van der Waals surface area contributed by atoms with Crippen molar-refractivity contribution in [3.05, 3.63) is 51.7 Å². The number of rotatable bonds is 3. The highest BCUT2D eigenvalue weighted by molar-refractivity contribution is 9.10. The van der Waals surface area contributed by atoms with Gasteiger partial charge < -0.3 is 0 Å². The number of H-pyrrole nitrogens is 1. The lowest BCUT2D eigenvalue weighted by Crippen LogP contribution is -2.15.